The van der Waals surface area contributed by atoms with Crippen LogP contribution in [0.2, 0.25) is 0 Å². The first-order chi connectivity index (χ1) is 17.6. The van der Waals surface area contributed by atoms with Crippen molar-refractivity contribution in [2.45, 2.75) is 161 Å². The lowest BCUT2D eigenvalue weighted by atomic mass is 10.0. The van der Waals surface area contributed by atoms with Crippen molar-refractivity contribution in [3.05, 3.63) is 24.3 Å². The normalized spacial score (nSPS) is 14.5. The maximum Gasteiger partial charge on any atom is 0.249 e. The Morgan fingerprint density at radius 3 is 1.69 bits per heavy atom. The Bertz CT molecular complexity index is 535. The van der Waals surface area contributed by atoms with Crippen molar-refractivity contribution in [3.8, 4) is 0 Å². The largest absolute Gasteiger partial charge is 0.394 e. The highest BCUT2D eigenvalue weighted by Gasteiger charge is 2.22. The zero-order valence-electron chi connectivity index (χ0n) is 23.6. The molecule has 212 valence electrons. The number of aliphatic hydroxyl groups excluding tert-OH is 3. The number of carbonyl (C=O) groups excluding carboxylic acids is 1. The fourth-order valence-electron chi connectivity index (χ4n) is 4.31. The summed E-state index contributed by atoms with van der Waals surface area (Å²) in [6, 6.07) is -0.806. The molecular weight excluding hydrogens is 450 g/mol. The summed E-state index contributed by atoms with van der Waals surface area (Å²) in [5.41, 5.74) is 0. The highest BCUT2D eigenvalue weighted by molar-refractivity contribution is 5.80. The summed E-state index contributed by atoms with van der Waals surface area (Å²) in [5, 5.41) is 32.6. The fourth-order valence-corrected chi connectivity index (χ4v) is 4.31. The van der Waals surface area contributed by atoms with Crippen LogP contribution in [0.5, 0.6) is 0 Å². The van der Waals surface area contributed by atoms with Crippen LogP contribution in [0.1, 0.15) is 142 Å². The molecular formula is C31H59NO4. The average molecular weight is 510 g/mol. The van der Waals surface area contributed by atoms with Gasteiger partial charge in [-0.3, -0.25) is 4.79 Å². The van der Waals surface area contributed by atoms with E-state index in [2.05, 4.69) is 31.3 Å². The van der Waals surface area contributed by atoms with Crippen LogP contribution in [0, 0.1) is 0 Å². The first kappa shape index (κ1) is 34.8. The summed E-state index contributed by atoms with van der Waals surface area (Å²) in [6.45, 7) is 4.09. The molecule has 0 radical (unpaired) electrons. The number of allylic oxidation sites excluding steroid dienone is 3. The molecule has 0 aromatic rings. The molecule has 3 unspecified atom stereocenters. The zero-order chi connectivity index (χ0) is 26.7. The molecule has 0 aromatic heterocycles. The van der Waals surface area contributed by atoms with Gasteiger partial charge in [-0.1, -0.05) is 134 Å². The van der Waals surface area contributed by atoms with E-state index in [-0.39, 0.29) is 6.61 Å². The molecule has 0 aliphatic heterocycles. The van der Waals surface area contributed by atoms with Crippen LogP contribution < -0.4 is 5.32 Å². The molecule has 5 nitrogen and oxygen atoms in total. The number of hydrogen-bond donors (Lipinski definition) is 4. The van der Waals surface area contributed by atoms with Gasteiger partial charge >= 0.3 is 0 Å². The predicted molar refractivity (Wildman–Crippen MR) is 153 cm³/mol. The Balaban J connectivity index is 3.89. The molecule has 0 aliphatic rings. The maximum atomic E-state index is 12.3. The molecule has 3 atom stereocenters. The summed E-state index contributed by atoms with van der Waals surface area (Å²) in [6.07, 6.45) is 29.0. The average Bonchev–Trinajstić information content (AvgIpc) is 2.88. The number of amides is 1. The number of hydrogen-bond acceptors (Lipinski definition) is 4. The number of aliphatic hydroxyl groups is 3. The van der Waals surface area contributed by atoms with Crippen molar-refractivity contribution < 1.29 is 20.1 Å². The Labute approximate surface area is 222 Å². The molecule has 0 saturated carbocycles. The third-order valence-electron chi connectivity index (χ3n) is 6.79. The Hall–Kier alpha value is -1.17. The van der Waals surface area contributed by atoms with Gasteiger partial charge in [0.1, 0.15) is 6.10 Å². The molecule has 0 spiro atoms. The van der Waals surface area contributed by atoms with Crippen LogP contribution in [0.15, 0.2) is 24.3 Å². The molecule has 4 N–H and O–H groups in total. The second-order valence-corrected chi connectivity index (χ2v) is 10.3. The van der Waals surface area contributed by atoms with E-state index < -0.39 is 24.2 Å². The van der Waals surface area contributed by atoms with Crippen molar-refractivity contribution in [2.75, 3.05) is 6.61 Å². The van der Waals surface area contributed by atoms with Crippen LogP contribution in [0.4, 0.5) is 0 Å². The molecule has 0 aliphatic carbocycles. The second kappa shape index (κ2) is 26.9. The number of rotatable bonds is 26. The van der Waals surface area contributed by atoms with Gasteiger partial charge in [-0.2, -0.15) is 0 Å². The first-order valence-electron chi connectivity index (χ1n) is 15.2. The molecule has 1 amide bonds. The summed E-state index contributed by atoms with van der Waals surface area (Å²) in [4.78, 5) is 12.3. The van der Waals surface area contributed by atoms with Crippen LogP contribution in [0.3, 0.4) is 0 Å². The van der Waals surface area contributed by atoms with E-state index in [4.69, 9.17) is 0 Å². The van der Waals surface area contributed by atoms with Crippen LogP contribution >= 0.6 is 0 Å². The quantitative estimate of drug-likeness (QED) is 0.0737. The van der Waals surface area contributed by atoms with E-state index in [9.17, 15) is 20.1 Å². The lowest BCUT2D eigenvalue weighted by molar-refractivity contribution is -0.131. The number of nitrogens with one attached hydrogen (secondary N) is 1. The summed E-state index contributed by atoms with van der Waals surface area (Å²) in [7, 11) is 0. The van der Waals surface area contributed by atoms with Gasteiger partial charge in [-0.05, 0) is 32.1 Å². The van der Waals surface area contributed by atoms with Gasteiger partial charge in [0.05, 0.1) is 18.8 Å². The van der Waals surface area contributed by atoms with Gasteiger partial charge in [-0.25, -0.2) is 0 Å². The monoisotopic (exact) mass is 509 g/mol. The SMILES string of the molecule is CCCCCCC/C=C/CC/C=C/C(O)C(CO)NC(=O)C(O)CCCCCCCCCCCCC. The van der Waals surface area contributed by atoms with Crippen molar-refractivity contribution in [1.29, 1.82) is 0 Å². The third-order valence-corrected chi connectivity index (χ3v) is 6.79. The van der Waals surface area contributed by atoms with E-state index in [0.29, 0.717) is 6.42 Å². The van der Waals surface area contributed by atoms with Crippen molar-refractivity contribution >= 4 is 5.91 Å². The summed E-state index contributed by atoms with van der Waals surface area (Å²) in [5.74, 6) is -0.518. The summed E-state index contributed by atoms with van der Waals surface area (Å²) < 4.78 is 0. The minimum atomic E-state index is -1.10. The van der Waals surface area contributed by atoms with Gasteiger partial charge in [-0.15, -0.1) is 0 Å². The highest BCUT2D eigenvalue weighted by atomic mass is 16.3. The number of unbranched alkanes of at least 4 members (excludes halogenated alkanes) is 16. The van der Waals surface area contributed by atoms with Gasteiger partial charge in [0.2, 0.25) is 5.91 Å². The predicted octanol–water partition coefficient (Wildman–Crippen LogP) is 7.14. The van der Waals surface area contributed by atoms with Gasteiger partial charge in [0.25, 0.3) is 0 Å². The lowest BCUT2D eigenvalue weighted by Gasteiger charge is -2.21. The molecule has 0 saturated heterocycles. The number of carbonyl (C=O) groups is 1. The molecule has 0 fully saturated rings. The Morgan fingerprint density at radius 1 is 0.667 bits per heavy atom. The van der Waals surface area contributed by atoms with Gasteiger partial charge < -0.3 is 20.6 Å². The van der Waals surface area contributed by atoms with E-state index in [1.54, 1.807) is 6.08 Å². The minimum absolute atomic E-state index is 0.375. The van der Waals surface area contributed by atoms with E-state index >= 15 is 0 Å². The van der Waals surface area contributed by atoms with Crippen LogP contribution in [0.25, 0.3) is 0 Å². The molecule has 36 heavy (non-hydrogen) atoms. The third kappa shape index (κ3) is 22.1. The maximum absolute atomic E-state index is 12.3. The first-order valence-corrected chi connectivity index (χ1v) is 15.2. The summed E-state index contributed by atoms with van der Waals surface area (Å²) >= 11 is 0. The smallest absolute Gasteiger partial charge is 0.249 e. The van der Waals surface area contributed by atoms with Crippen molar-refractivity contribution in [2.24, 2.45) is 0 Å². The Morgan fingerprint density at radius 2 is 1.14 bits per heavy atom. The van der Waals surface area contributed by atoms with Crippen LogP contribution in [-0.4, -0.2) is 46.1 Å². The lowest BCUT2D eigenvalue weighted by Crippen LogP contribution is -2.48. The van der Waals surface area contributed by atoms with Gasteiger partial charge in [0, 0.05) is 0 Å². The zero-order valence-corrected chi connectivity index (χ0v) is 23.6. The topological polar surface area (TPSA) is 89.8 Å². The molecule has 5 heteroatoms. The molecule has 0 heterocycles. The van der Waals surface area contributed by atoms with Crippen molar-refractivity contribution in [1.82, 2.24) is 5.32 Å². The molecule has 0 bridgehead atoms. The van der Waals surface area contributed by atoms with E-state index in [1.165, 1.54) is 83.5 Å². The standard InChI is InChI=1S/C31H59NO4/c1-3-5-7-9-11-13-15-17-19-21-23-25-29(34)28(27-33)32-31(36)30(35)26-24-22-20-18-16-14-12-10-8-6-4-2/h15,17,23,25,28-30,33-35H,3-14,16,18-22,24,26-27H2,1-2H3,(H,32,36)/b17-15+,25-23+. The highest BCUT2D eigenvalue weighted by Crippen LogP contribution is 2.13. The second-order valence-electron chi connectivity index (χ2n) is 10.3. The Kier molecular flexibility index (Phi) is 26.0. The molecule has 0 rings (SSSR count). The van der Waals surface area contributed by atoms with E-state index in [0.717, 1.165) is 38.5 Å². The van der Waals surface area contributed by atoms with E-state index in [1.807, 2.05) is 6.08 Å². The van der Waals surface area contributed by atoms with Crippen LogP contribution in [-0.2, 0) is 4.79 Å². The van der Waals surface area contributed by atoms with Crippen molar-refractivity contribution in [3.63, 3.8) is 0 Å². The molecule has 0 aromatic carbocycles. The minimum Gasteiger partial charge on any atom is -0.394 e. The fraction of sp³-hybridized carbons (Fsp3) is 0.839. The van der Waals surface area contributed by atoms with Gasteiger partial charge in [0.15, 0.2) is 0 Å².